The Morgan fingerprint density at radius 2 is 1.71 bits per heavy atom. The first-order valence-corrected chi connectivity index (χ1v) is 11.1. The second-order valence-corrected chi connectivity index (χ2v) is 8.83. The van der Waals surface area contributed by atoms with E-state index in [4.69, 9.17) is 11.6 Å². The second kappa shape index (κ2) is 10.6. The van der Waals surface area contributed by atoms with Crippen LogP contribution in [0.5, 0.6) is 0 Å². The largest absolute Gasteiger partial charge is 0.367 e. The van der Waals surface area contributed by atoms with Crippen molar-refractivity contribution in [3.05, 3.63) is 59.1 Å². The van der Waals surface area contributed by atoms with Crippen LogP contribution in [0, 0.1) is 5.92 Å². The molecule has 2 amide bonds. The number of hydrogen-bond acceptors (Lipinski definition) is 4. The van der Waals surface area contributed by atoms with E-state index >= 15 is 0 Å². The Bertz CT molecular complexity index is 896. The van der Waals surface area contributed by atoms with Crippen molar-refractivity contribution in [2.24, 2.45) is 5.92 Å². The van der Waals surface area contributed by atoms with Gasteiger partial charge in [-0.1, -0.05) is 55.8 Å². The van der Waals surface area contributed by atoms with E-state index in [1.165, 1.54) is 0 Å². The van der Waals surface area contributed by atoms with Crippen molar-refractivity contribution in [2.45, 2.75) is 26.3 Å². The number of nitrogens with one attached hydrogen (secondary N) is 2. The zero-order chi connectivity index (χ0) is 22.4. The van der Waals surface area contributed by atoms with Gasteiger partial charge in [-0.25, -0.2) is 0 Å². The number of likely N-dealkylation sites (N-methyl/N-ethyl adjacent to an activating group) is 1. The number of hydrogen-bond donors (Lipinski definition) is 2. The number of rotatable bonds is 7. The van der Waals surface area contributed by atoms with Gasteiger partial charge in [-0.05, 0) is 36.7 Å². The number of nitrogens with zero attached hydrogens (tertiary/aromatic N) is 2. The fourth-order valence-corrected chi connectivity index (χ4v) is 3.85. The van der Waals surface area contributed by atoms with Gasteiger partial charge < -0.3 is 20.4 Å². The molecule has 1 atom stereocenters. The van der Waals surface area contributed by atoms with Crippen LogP contribution in [-0.4, -0.2) is 56.0 Å². The average molecular weight is 443 g/mol. The summed E-state index contributed by atoms with van der Waals surface area (Å²) < 4.78 is 0. The minimum absolute atomic E-state index is 0.0639. The maximum atomic E-state index is 13.1. The lowest BCUT2D eigenvalue weighted by Gasteiger charge is -2.35. The van der Waals surface area contributed by atoms with E-state index in [1.54, 1.807) is 6.07 Å². The van der Waals surface area contributed by atoms with Gasteiger partial charge in [-0.2, -0.15) is 0 Å². The zero-order valence-electron chi connectivity index (χ0n) is 18.4. The van der Waals surface area contributed by atoms with Crippen molar-refractivity contribution in [3.8, 4) is 0 Å². The molecular weight excluding hydrogens is 412 g/mol. The van der Waals surface area contributed by atoms with Crippen molar-refractivity contribution in [3.63, 3.8) is 0 Å². The predicted octanol–water partition coefficient (Wildman–Crippen LogP) is 3.41. The van der Waals surface area contributed by atoms with Gasteiger partial charge in [-0.15, -0.1) is 0 Å². The molecule has 0 bridgehead atoms. The SMILES string of the molecule is CC(C)[C@H](NC(=O)Cc1ccccc1)C(=O)Nc1cc(Cl)ccc1N1CCN(C)CC1. The Hall–Kier alpha value is -2.57. The highest BCUT2D eigenvalue weighted by molar-refractivity contribution is 6.31. The number of benzene rings is 2. The van der Waals surface area contributed by atoms with Crippen LogP contribution in [0.25, 0.3) is 0 Å². The molecular formula is C24H31ClN4O2. The van der Waals surface area contributed by atoms with Crippen LogP contribution in [0.1, 0.15) is 19.4 Å². The maximum absolute atomic E-state index is 13.1. The molecule has 1 aliphatic heterocycles. The molecule has 2 aromatic rings. The molecule has 2 aromatic carbocycles. The summed E-state index contributed by atoms with van der Waals surface area (Å²) in [6.45, 7) is 7.52. The molecule has 31 heavy (non-hydrogen) atoms. The molecule has 0 spiro atoms. The molecule has 0 radical (unpaired) electrons. The summed E-state index contributed by atoms with van der Waals surface area (Å²) in [6, 6.07) is 14.4. The fourth-order valence-electron chi connectivity index (χ4n) is 3.68. The van der Waals surface area contributed by atoms with Gasteiger partial charge in [0, 0.05) is 31.2 Å². The summed E-state index contributed by atoms with van der Waals surface area (Å²) in [7, 11) is 2.10. The molecule has 1 aliphatic rings. The first kappa shape index (κ1) is 23.1. The van der Waals surface area contributed by atoms with Crippen LogP contribution in [0.15, 0.2) is 48.5 Å². The van der Waals surface area contributed by atoms with Crippen LogP contribution in [0.4, 0.5) is 11.4 Å². The van der Waals surface area contributed by atoms with E-state index in [0.717, 1.165) is 37.4 Å². The van der Waals surface area contributed by atoms with E-state index in [0.29, 0.717) is 10.7 Å². The van der Waals surface area contributed by atoms with Gasteiger partial charge in [0.1, 0.15) is 6.04 Å². The summed E-state index contributed by atoms with van der Waals surface area (Å²) in [6.07, 6.45) is 0.237. The Balaban J connectivity index is 1.71. The summed E-state index contributed by atoms with van der Waals surface area (Å²) in [5.74, 6) is -0.481. The van der Waals surface area contributed by atoms with Gasteiger partial charge in [0.05, 0.1) is 17.8 Å². The number of amides is 2. The van der Waals surface area contributed by atoms with Crippen molar-refractivity contribution in [1.82, 2.24) is 10.2 Å². The normalized spacial score (nSPS) is 15.6. The van der Waals surface area contributed by atoms with Crippen LogP contribution in [-0.2, 0) is 16.0 Å². The highest BCUT2D eigenvalue weighted by Gasteiger charge is 2.26. The monoisotopic (exact) mass is 442 g/mol. The average Bonchev–Trinajstić information content (AvgIpc) is 2.73. The fraction of sp³-hybridized carbons (Fsp3) is 0.417. The molecule has 6 nitrogen and oxygen atoms in total. The van der Waals surface area contributed by atoms with Crippen molar-refractivity contribution >= 4 is 34.8 Å². The molecule has 0 aromatic heterocycles. The molecule has 3 rings (SSSR count). The number of carbonyl (C=O) groups is 2. The number of anilines is 2. The number of halogens is 1. The first-order valence-electron chi connectivity index (χ1n) is 10.7. The highest BCUT2D eigenvalue weighted by atomic mass is 35.5. The van der Waals surface area contributed by atoms with Crippen LogP contribution >= 0.6 is 11.6 Å². The lowest BCUT2D eigenvalue weighted by Crippen LogP contribution is -2.48. The lowest BCUT2D eigenvalue weighted by molar-refractivity contribution is -0.127. The van der Waals surface area contributed by atoms with Gasteiger partial charge in [-0.3, -0.25) is 9.59 Å². The van der Waals surface area contributed by atoms with Crippen molar-refractivity contribution in [1.29, 1.82) is 0 Å². The van der Waals surface area contributed by atoms with Crippen molar-refractivity contribution in [2.75, 3.05) is 43.4 Å². The third-order valence-electron chi connectivity index (χ3n) is 5.53. The minimum Gasteiger partial charge on any atom is -0.367 e. The molecule has 0 unspecified atom stereocenters. The minimum atomic E-state index is -0.643. The van der Waals surface area contributed by atoms with E-state index in [9.17, 15) is 9.59 Å². The lowest BCUT2D eigenvalue weighted by atomic mass is 10.0. The Morgan fingerprint density at radius 3 is 2.35 bits per heavy atom. The summed E-state index contributed by atoms with van der Waals surface area (Å²) in [4.78, 5) is 30.2. The first-order chi connectivity index (χ1) is 14.8. The van der Waals surface area contributed by atoms with E-state index in [1.807, 2.05) is 56.3 Å². The molecule has 1 saturated heterocycles. The molecule has 0 saturated carbocycles. The maximum Gasteiger partial charge on any atom is 0.247 e. The van der Waals surface area contributed by atoms with Crippen LogP contribution < -0.4 is 15.5 Å². The third kappa shape index (κ3) is 6.45. The molecule has 1 heterocycles. The van der Waals surface area contributed by atoms with Gasteiger partial charge >= 0.3 is 0 Å². The molecule has 7 heteroatoms. The van der Waals surface area contributed by atoms with Gasteiger partial charge in [0.25, 0.3) is 0 Å². The number of carbonyl (C=O) groups excluding carboxylic acids is 2. The highest BCUT2D eigenvalue weighted by Crippen LogP contribution is 2.30. The van der Waals surface area contributed by atoms with E-state index < -0.39 is 6.04 Å². The van der Waals surface area contributed by atoms with Crippen LogP contribution in [0.2, 0.25) is 5.02 Å². The summed E-state index contributed by atoms with van der Waals surface area (Å²) >= 11 is 6.23. The van der Waals surface area contributed by atoms with Crippen LogP contribution in [0.3, 0.4) is 0 Å². The van der Waals surface area contributed by atoms with E-state index in [2.05, 4.69) is 27.5 Å². The number of piperazine rings is 1. The predicted molar refractivity (Wildman–Crippen MR) is 127 cm³/mol. The summed E-state index contributed by atoms with van der Waals surface area (Å²) in [5, 5.41) is 6.48. The Morgan fingerprint density at radius 1 is 1.03 bits per heavy atom. The Labute approximate surface area is 189 Å². The third-order valence-corrected chi connectivity index (χ3v) is 5.77. The van der Waals surface area contributed by atoms with Gasteiger partial charge in [0.15, 0.2) is 0 Å². The molecule has 2 N–H and O–H groups in total. The quantitative estimate of drug-likeness (QED) is 0.689. The second-order valence-electron chi connectivity index (χ2n) is 8.39. The standard InChI is InChI=1S/C24H31ClN4O2/c1-17(2)23(27-22(30)15-18-7-5-4-6-8-18)24(31)26-20-16-19(25)9-10-21(20)29-13-11-28(3)12-14-29/h4-10,16-17,23H,11-15H2,1-3H3,(H,26,31)(H,27,30)/t23-/m0/s1. The van der Waals surface area contributed by atoms with Gasteiger partial charge in [0.2, 0.25) is 11.8 Å². The molecule has 1 fully saturated rings. The molecule has 0 aliphatic carbocycles. The van der Waals surface area contributed by atoms with E-state index in [-0.39, 0.29) is 24.2 Å². The smallest absolute Gasteiger partial charge is 0.247 e. The zero-order valence-corrected chi connectivity index (χ0v) is 19.2. The topological polar surface area (TPSA) is 64.7 Å². The Kier molecular flexibility index (Phi) is 7.93. The van der Waals surface area contributed by atoms with Crippen molar-refractivity contribution < 1.29 is 9.59 Å². The molecule has 166 valence electrons. The summed E-state index contributed by atoms with van der Waals surface area (Å²) in [5.41, 5.74) is 2.53.